The highest BCUT2D eigenvalue weighted by Gasteiger charge is 2.16. The molecule has 0 amide bonds. The minimum Gasteiger partial charge on any atom is -0.493 e. The summed E-state index contributed by atoms with van der Waals surface area (Å²) in [5.41, 5.74) is 0.507. The molecule has 0 aromatic heterocycles. The molecule has 1 unspecified atom stereocenters. The van der Waals surface area contributed by atoms with Gasteiger partial charge in [-0.25, -0.2) is 4.79 Å². The van der Waals surface area contributed by atoms with E-state index in [4.69, 9.17) is 9.47 Å². The monoisotopic (exact) mass is 236 g/mol. The first-order valence-corrected chi connectivity index (χ1v) is 5.68. The van der Waals surface area contributed by atoms with Crippen LogP contribution in [0.5, 0.6) is 5.75 Å². The van der Waals surface area contributed by atoms with E-state index in [9.17, 15) is 4.79 Å². The van der Waals surface area contributed by atoms with Crippen LogP contribution in [0.2, 0.25) is 0 Å². The van der Waals surface area contributed by atoms with Crippen LogP contribution < -0.4 is 4.74 Å². The molecule has 0 aliphatic carbocycles. The van der Waals surface area contributed by atoms with Crippen molar-refractivity contribution in [2.45, 2.75) is 6.42 Å². The molecule has 92 valence electrons. The molecule has 0 radical (unpaired) electrons. The van der Waals surface area contributed by atoms with E-state index in [0.29, 0.717) is 23.8 Å². The van der Waals surface area contributed by atoms with E-state index >= 15 is 0 Å². The molecular formula is C13H16O4. The molecule has 4 heteroatoms. The fourth-order valence-electron chi connectivity index (χ4n) is 1.76. The van der Waals surface area contributed by atoms with E-state index in [1.165, 1.54) is 7.11 Å². The van der Waals surface area contributed by atoms with Gasteiger partial charge in [-0.2, -0.15) is 0 Å². The minimum atomic E-state index is -0.348. The number of hydrogen-bond donors (Lipinski definition) is 0. The summed E-state index contributed by atoms with van der Waals surface area (Å²) in [4.78, 5) is 11.3. The van der Waals surface area contributed by atoms with E-state index in [-0.39, 0.29) is 5.97 Å². The van der Waals surface area contributed by atoms with Crippen molar-refractivity contribution in [1.29, 1.82) is 0 Å². The van der Waals surface area contributed by atoms with Gasteiger partial charge in [0.05, 0.1) is 25.9 Å². The van der Waals surface area contributed by atoms with Crippen molar-refractivity contribution in [3.8, 4) is 5.75 Å². The molecule has 1 saturated heterocycles. The maximum atomic E-state index is 11.3. The van der Waals surface area contributed by atoms with Gasteiger partial charge in [0, 0.05) is 12.5 Å². The Morgan fingerprint density at radius 1 is 1.53 bits per heavy atom. The molecule has 1 aliphatic rings. The zero-order chi connectivity index (χ0) is 12.1. The minimum absolute atomic E-state index is 0.348. The number of ether oxygens (including phenoxy) is 3. The fourth-order valence-corrected chi connectivity index (χ4v) is 1.76. The highest BCUT2D eigenvalue weighted by atomic mass is 16.5. The second-order valence-corrected chi connectivity index (χ2v) is 4.06. The van der Waals surface area contributed by atoms with E-state index < -0.39 is 0 Å². The molecule has 2 rings (SSSR count). The van der Waals surface area contributed by atoms with Gasteiger partial charge < -0.3 is 14.2 Å². The quantitative estimate of drug-likeness (QED) is 0.749. The number of benzene rings is 1. The molecule has 1 atom stereocenters. The third-order valence-corrected chi connectivity index (χ3v) is 2.76. The van der Waals surface area contributed by atoms with E-state index in [2.05, 4.69) is 4.74 Å². The van der Waals surface area contributed by atoms with Crippen LogP contribution in [0.1, 0.15) is 16.8 Å². The Bertz CT molecular complexity index is 383. The van der Waals surface area contributed by atoms with Gasteiger partial charge in [-0.1, -0.05) is 6.07 Å². The molecule has 0 spiro atoms. The summed E-state index contributed by atoms with van der Waals surface area (Å²) < 4.78 is 15.6. The standard InChI is InChI=1S/C13H16O4/c1-15-13(14)11-3-2-4-12(7-11)17-9-10-5-6-16-8-10/h2-4,7,10H,5-6,8-9H2,1H3. The Balaban J connectivity index is 1.93. The molecule has 1 heterocycles. The van der Waals surface area contributed by atoms with E-state index in [1.807, 2.05) is 6.07 Å². The number of methoxy groups -OCH3 is 1. The van der Waals surface area contributed by atoms with Crippen LogP contribution in [0.4, 0.5) is 0 Å². The maximum absolute atomic E-state index is 11.3. The molecular weight excluding hydrogens is 220 g/mol. The zero-order valence-corrected chi connectivity index (χ0v) is 9.85. The lowest BCUT2D eigenvalue weighted by atomic mass is 10.1. The summed E-state index contributed by atoms with van der Waals surface area (Å²) in [5.74, 6) is 0.802. The molecule has 1 fully saturated rings. The second kappa shape index (κ2) is 5.68. The maximum Gasteiger partial charge on any atom is 0.337 e. The molecule has 1 aliphatic heterocycles. The zero-order valence-electron chi connectivity index (χ0n) is 9.85. The summed E-state index contributed by atoms with van der Waals surface area (Å²) in [5, 5.41) is 0. The third-order valence-electron chi connectivity index (χ3n) is 2.76. The van der Waals surface area contributed by atoms with Crippen molar-refractivity contribution in [3.63, 3.8) is 0 Å². The number of hydrogen-bond acceptors (Lipinski definition) is 4. The van der Waals surface area contributed by atoms with Crippen LogP contribution >= 0.6 is 0 Å². The van der Waals surface area contributed by atoms with Crippen molar-refractivity contribution in [1.82, 2.24) is 0 Å². The number of esters is 1. The van der Waals surface area contributed by atoms with Gasteiger partial charge in [0.1, 0.15) is 5.75 Å². The summed E-state index contributed by atoms with van der Waals surface area (Å²) in [6.45, 7) is 2.21. The Morgan fingerprint density at radius 3 is 3.12 bits per heavy atom. The molecule has 0 saturated carbocycles. The highest BCUT2D eigenvalue weighted by Crippen LogP contribution is 2.18. The Kier molecular flexibility index (Phi) is 3.98. The topological polar surface area (TPSA) is 44.8 Å². The molecule has 0 N–H and O–H groups in total. The smallest absolute Gasteiger partial charge is 0.337 e. The SMILES string of the molecule is COC(=O)c1cccc(OCC2CCOC2)c1. The molecule has 17 heavy (non-hydrogen) atoms. The lowest BCUT2D eigenvalue weighted by molar-refractivity contribution is 0.0600. The van der Waals surface area contributed by atoms with Gasteiger partial charge in [-0.3, -0.25) is 0 Å². The van der Waals surface area contributed by atoms with E-state index in [0.717, 1.165) is 19.6 Å². The van der Waals surface area contributed by atoms with E-state index in [1.54, 1.807) is 18.2 Å². The second-order valence-electron chi connectivity index (χ2n) is 4.06. The molecule has 0 bridgehead atoms. The largest absolute Gasteiger partial charge is 0.493 e. The van der Waals surface area contributed by atoms with Crippen LogP contribution in [-0.2, 0) is 9.47 Å². The first kappa shape index (κ1) is 11.9. The summed E-state index contributed by atoms with van der Waals surface area (Å²) >= 11 is 0. The van der Waals surface area contributed by atoms with Gasteiger partial charge in [0.25, 0.3) is 0 Å². The molecule has 4 nitrogen and oxygen atoms in total. The van der Waals surface area contributed by atoms with Crippen LogP contribution in [0.25, 0.3) is 0 Å². The van der Waals surface area contributed by atoms with Gasteiger partial charge in [0.2, 0.25) is 0 Å². The number of carbonyl (C=O) groups excluding carboxylic acids is 1. The predicted molar refractivity (Wildman–Crippen MR) is 62.2 cm³/mol. The summed E-state index contributed by atoms with van der Waals surface area (Å²) in [6, 6.07) is 7.02. The summed E-state index contributed by atoms with van der Waals surface area (Å²) in [6.07, 6.45) is 1.04. The van der Waals surface area contributed by atoms with Crippen LogP contribution in [-0.4, -0.2) is 32.9 Å². The predicted octanol–water partition coefficient (Wildman–Crippen LogP) is 1.89. The lowest BCUT2D eigenvalue weighted by Crippen LogP contribution is -2.12. The van der Waals surface area contributed by atoms with Crippen LogP contribution in [0, 0.1) is 5.92 Å². The van der Waals surface area contributed by atoms with Gasteiger partial charge in [-0.05, 0) is 24.6 Å². The normalized spacial score (nSPS) is 19.0. The van der Waals surface area contributed by atoms with Crippen molar-refractivity contribution >= 4 is 5.97 Å². The number of carbonyl (C=O) groups is 1. The fraction of sp³-hybridized carbons (Fsp3) is 0.462. The highest BCUT2D eigenvalue weighted by molar-refractivity contribution is 5.89. The average molecular weight is 236 g/mol. The molecule has 1 aromatic rings. The van der Waals surface area contributed by atoms with Crippen LogP contribution in [0.15, 0.2) is 24.3 Å². The van der Waals surface area contributed by atoms with Gasteiger partial charge in [-0.15, -0.1) is 0 Å². The molecule has 1 aromatic carbocycles. The van der Waals surface area contributed by atoms with Gasteiger partial charge >= 0.3 is 5.97 Å². The first-order chi connectivity index (χ1) is 8.29. The Labute approximate surface area is 100 Å². The summed E-state index contributed by atoms with van der Waals surface area (Å²) in [7, 11) is 1.37. The first-order valence-electron chi connectivity index (χ1n) is 5.68. The van der Waals surface area contributed by atoms with Crippen LogP contribution in [0.3, 0.4) is 0 Å². The average Bonchev–Trinajstić information content (AvgIpc) is 2.89. The van der Waals surface area contributed by atoms with Crippen molar-refractivity contribution in [2.75, 3.05) is 26.9 Å². The Morgan fingerprint density at radius 2 is 2.41 bits per heavy atom. The van der Waals surface area contributed by atoms with Crippen molar-refractivity contribution < 1.29 is 19.0 Å². The third kappa shape index (κ3) is 3.20. The van der Waals surface area contributed by atoms with Crippen molar-refractivity contribution in [3.05, 3.63) is 29.8 Å². The lowest BCUT2D eigenvalue weighted by Gasteiger charge is -2.10. The van der Waals surface area contributed by atoms with Gasteiger partial charge in [0.15, 0.2) is 0 Å². The Hall–Kier alpha value is -1.55. The number of rotatable bonds is 4. The van der Waals surface area contributed by atoms with Crippen molar-refractivity contribution in [2.24, 2.45) is 5.92 Å².